The molecule has 3 nitrogen and oxygen atoms in total. The summed E-state index contributed by atoms with van der Waals surface area (Å²) in [5.41, 5.74) is -0.0462. The molecule has 0 aromatic rings. The molecule has 1 spiro atoms. The number of hydrogen-bond donors (Lipinski definition) is 0. The normalized spacial score (nSPS) is 34.4. The molecule has 2 heterocycles. The molecule has 3 heteroatoms. The minimum Gasteiger partial charge on any atom is -0.378 e. The summed E-state index contributed by atoms with van der Waals surface area (Å²) in [6.45, 7) is 4.41. The van der Waals surface area contributed by atoms with E-state index in [-0.39, 0.29) is 5.60 Å². The van der Waals surface area contributed by atoms with Crippen molar-refractivity contribution >= 4 is 5.78 Å². The number of carbonyl (C=O) groups excluding carboxylic acids is 1. The van der Waals surface area contributed by atoms with Gasteiger partial charge < -0.3 is 9.47 Å². The summed E-state index contributed by atoms with van der Waals surface area (Å²) < 4.78 is 11.3. The second kappa shape index (κ2) is 5.28. The SMILES string of the molecule is CCCC(=O)CC1CCOC2(CCOC2)C1. The first-order valence-corrected chi connectivity index (χ1v) is 6.47. The Morgan fingerprint density at radius 1 is 1.44 bits per heavy atom. The lowest BCUT2D eigenvalue weighted by molar-refractivity contribution is -0.125. The molecule has 0 radical (unpaired) electrons. The van der Waals surface area contributed by atoms with Gasteiger partial charge in [0, 0.05) is 32.5 Å². The number of carbonyl (C=O) groups is 1. The highest BCUT2D eigenvalue weighted by molar-refractivity contribution is 5.78. The van der Waals surface area contributed by atoms with Crippen LogP contribution in [0.5, 0.6) is 0 Å². The topological polar surface area (TPSA) is 35.5 Å². The second-order valence-electron chi connectivity index (χ2n) is 5.19. The number of rotatable bonds is 4. The maximum atomic E-state index is 11.6. The Balaban J connectivity index is 1.84. The molecule has 0 saturated carbocycles. The van der Waals surface area contributed by atoms with E-state index in [4.69, 9.17) is 9.47 Å². The van der Waals surface area contributed by atoms with Gasteiger partial charge in [-0.25, -0.2) is 0 Å². The molecule has 0 aliphatic carbocycles. The fourth-order valence-corrected chi connectivity index (χ4v) is 2.87. The predicted molar refractivity (Wildman–Crippen MR) is 61.4 cm³/mol. The van der Waals surface area contributed by atoms with E-state index >= 15 is 0 Å². The van der Waals surface area contributed by atoms with E-state index in [1.807, 2.05) is 0 Å². The third kappa shape index (κ3) is 2.83. The van der Waals surface area contributed by atoms with E-state index in [1.54, 1.807) is 0 Å². The van der Waals surface area contributed by atoms with Gasteiger partial charge in [-0.2, -0.15) is 0 Å². The smallest absolute Gasteiger partial charge is 0.133 e. The lowest BCUT2D eigenvalue weighted by Crippen LogP contribution is -2.40. The van der Waals surface area contributed by atoms with Crippen molar-refractivity contribution in [1.29, 1.82) is 0 Å². The average molecular weight is 226 g/mol. The van der Waals surface area contributed by atoms with Crippen molar-refractivity contribution in [1.82, 2.24) is 0 Å². The fourth-order valence-electron chi connectivity index (χ4n) is 2.87. The van der Waals surface area contributed by atoms with Crippen LogP contribution in [0.4, 0.5) is 0 Å². The molecule has 92 valence electrons. The first-order valence-electron chi connectivity index (χ1n) is 6.47. The van der Waals surface area contributed by atoms with Crippen molar-refractivity contribution in [3.63, 3.8) is 0 Å². The molecule has 2 saturated heterocycles. The van der Waals surface area contributed by atoms with Gasteiger partial charge in [-0.05, 0) is 25.2 Å². The molecule has 16 heavy (non-hydrogen) atoms. The lowest BCUT2D eigenvalue weighted by Gasteiger charge is -2.36. The molecule has 2 rings (SSSR count). The molecule has 2 unspecified atom stereocenters. The minimum absolute atomic E-state index is 0.0462. The maximum Gasteiger partial charge on any atom is 0.133 e. The zero-order valence-electron chi connectivity index (χ0n) is 10.2. The molecule has 2 aliphatic rings. The van der Waals surface area contributed by atoms with Crippen molar-refractivity contribution < 1.29 is 14.3 Å². The van der Waals surface area contributed by atoms with Gasteiger partial charge in [-0.3, -0.25) is 4.79 Å². The first-order chi connectivity index (χ1) is 7.74. The number of Topliss-reactive ketones (excluding diaryl/α,β-unsaturated/α-hetero) is 1. The van der Waals surface area contributed by atoms with Crippen LogP contribution in [0.15, 0.2) is 0 Å². The molecule has 0 aromatic carbocycles. The monoisotopic (exact) mass is 226 g/mol. The third-order valence-corrected chi connectivity index (χ3v) is 3.71. The van der Waals surface area contributed by atoms with Crippen molar-refractivity contribution in [2.24, 2.45) is 5.92 Å². The Labute approximate surface area is 97.5 Å². The van der Waals surface area contributed by atoms with E-state index < -0.39 is 0 Å². The highest BCUT2D eigenvalue weighted by Gasteiger charge is 2.41. The Morgan fingerprint density at radius 3 is 3.00 bits per heavy atom. The van der Waals surface area contributed by atoms with Crippen LogP contribution in [0.25, 0.3) is 0 Å². The van der Waals surface area contributed by atoms with Crippen LogP contribution in [0.2, 0.25) is 0 Å². The summed E-state index contributed by atoms with van der Waals surface area (Å²) in [7, 11) is 0. The van der Waals surface area contributed by atoms with E-state index in [9.17, 15) is 4.79 Å². The molecule has 2 atom stereocenters. The molecule has 0 bridgehead atoms. The zero-order valence-corrected chi connectivity index (χ0v) is 10.2. The average Bonchev–Trinajstić information content (AvgIpc) is 2.66. The van der Waals surface area contributed by atoms with Gasteiger partial charge in [0.1, 0.15) is 5.78 Å². The van der Waals surface area contributed by atoms with Crippen LogP contribution in [0.3, 0.4) is 0 Å². The molecule has 0 N–H and O–H groups in total. The molecular formula is C13H22O3. The Morgan fingerprint density at radius 2 is 2.31 bits per heavy atom. The van der Waals surface area contributed by atoms with Crippen molar-refractivity contribution in [3.8, 4) is 0 Å². The predicted octanol–water partition coefficient (Wildman–Crippen LogP) is 2.33. The van der Waals surface area contributed by atoms with Gasteiger partial charge in [0.25, 0.3) is 0 Å². The van der Waals surface area contributed by atoms with Gasteiger partial charge in [0.2, 0.25) is 0 Å². The lowest BCUT2D eigenvalue weighted by atomic mass is 9.82. The van der Waals surface area contributed by atoms with E-state index in [0.717, 1.165) is 58.3 Å². The molecular weight excluding hydrogens is 204 g/mol. The highest BCUT2D eigenvalue weighted by Crippen LogP contribution is 2.37. The van der Waals surface area contributed by atoms with Gasteiger partial charge in [0.15, 0.2) is 0 Å². The minimum atomic E-state index is -0.0462. The van der Waals surface area contributed by atoms with Crippen LogP contribution in [-0.4, -0.2) is 31.2 Å². The van der Waals surface area contributed by atoms with Crippen LogP contribution < -0.4 is 0 Å². The first kappa shape index (κ1) is 12.1. The molecule has 2 fully saturated rings. The van der Waals surface area contributed by atoms with Gasteiger partial charge in [-0.15, -0.1) is 0 Å². The molecule has 2 aliphatic heterocycles. The van der Waals surface area contributed by atoms with E-state index in [0.29, 0.717) is 11.7 Å². The van der Waals surface area contributed by atoms with Crippen molar-refractivity contribution in [2.45, 2.75) is 51.0 Å². The van der Waals surface area contributed by atoms with Gasteiger partial charge >= 0.3 is 0 Å². The van der Waals surface area contributed by atoms with E-state index in [1.165, 1.54) is 0 Å². The Hall–Kier alpha value is -0.410. The zero-order chi connectivity index (χ0) is 11.4. The number of hydrogen-bond acceptors (Lipinski definition) is 3. The summed E-state index contributed by atoms with van der Waals surface area (Å²) in [4.78, 5) is 11.6. The van der Waals surface area contributed by atoms with E-state index in [2.05, 4.69) is 6.92 Å². The number of ether oxygens (including phenoxy) is 2. The number of ketones is 1. The van der Waals surface area contributed by atoms with Gasteiger partial charge in [0.05, 0.1) is 12.2 Å². The molecule has 0 amide bonds. The molecule has 0 aromatic heterocycles. The second-order valence-corrected chi connectivity index (χ2v) is 5.19. The van der Waals surface area contributed by atoms with Crippen LogP contribution in [0.1, 0.15) is 45.4 Å². The highest BCUT2D eigenvalue weighted by atomic mass is 16.6. The van der Waals surface area contributed by atoms with Crippen LogP contribution in [-0.2, 0) is 14.3 Å². The quantitative estimate of drug-likeness (QED) is 0.738. The van der Waals surface area contributed by atoms with Crippen molar-refractivity contribution in [2.75, 3.05) is 19.8 Å². The summed E-state index contributed by atoms with van der Waals surface area (Å²) in [6, 6.07) is 0. The summed E-state index contributed by atoms with van der Waals surface area (Å²) in [5.74, 6) is 0.943. The van der Waals surface area contributed by atoms with Crippen LogP contribution in [0, 0.1) is 5.92 Å². The summed E-state index contributed by atoms with van der Waals surface area (Å²) in [5, 5.41) is 0. The standard InChI is InChI=1S/C13H22O3/c1-2-3-12(14)8-11-4-6-16-13(9-11)5-7-15-10-13/h11H,2-10H2,1H3. The Bertz CT molecular complexity index is 244. The van der Waals surface area contributed by atoms with Crippen molar-refractivity contribution in [3.05, 3.63) is 0 Å². The maximum absolute atomic E-state index is 11.6. The summed E-state index contributed by atoms with van der Waals surface area (Å²) in [6.07, 6.45) is 5.52. The largest absolute Gasteiger partial charge is 0.378 e. The fraction of sp³-hybridized carbons (Fsp3) is 0.923. The van der Waals surface area contributed by atoms with Crippen LogP contribution >= 0.6 is 0 Å². The Kier molecular flexibility index (Phi) is 3.98. The summed E-state index contributed by atoms with van der Waals surface area (Å²) >= 11 is 0. The third-order valence-electron chi connectivity index (χ3n) is 3.71. The van der Waals surface area contributed by atoms with Gasteiger partial charge in [-0.1, -0.05) is 6.92 Å².